The summed E-state index contributed by atoms with van der Waals surface area (Å²) in [4.78, 5) is 13.0. The van der Waals surface area contributed by atoms with Crippen LogP contribution in [0.5, 0.6) is 0 Å². The SMILES string of the molecule is CC1(C)C2=C(C=C3c4ccccc4N(c4cccc5c4oc4cccc(C6=NC(c7ccccc7)=NC(c7cccc(-c8ccccc8)c7)N6)c45)C3C2)c2ccccc21. The van der Waals surface area contributed by atoms with Crippen molar-refractivity contribution in [2.45, 2.75) is 37.9 Å². The van der Waals surface area contributed by atoms with Crippen LogP contribution in [0.15, 0.2) is 196 Å². The number of anilines is 2. The molecule has 59 heavy (non-hydrogen) atoms. The Morgan fingerprint density at radius 3 is 2.17 bits per heavy atom. The van der Waals surface area contributed by atoms with E-state index in [1.54, 1.807) is 0 Å². The second-order valence-corrected chi connectivity index (χ2v) is 16.5. The second kappa shape index (κ2) is 12.9. The van der Waals surface area contributed by atoms with Crippen LogP contribution in [0.4, 0.5) is 11.4 Å². The summed E-state index contributed by atoms with van der Waals surface area (Å²) < 4.78 is 7.00. The van der Waals surface area contributed by atoms with Gasteiger partial charge in [0.15, 0.2) is 11.4 Å². The van der Waals surface area contributed by atoms with Gasteiger partial charge in [0, 0.05) is 38.6 Å². The number of furan rings is 1. The predicted molar refractivity (Wildman–Crippen MR) is 242 cm³/mol. The average Bonchev–Trinajstić information content (AvgIpc) is 3.91. The fourth-order valence-corrected chi connectivity index (χ4v) is 10.1. The summed E-state index contributed by atoms with van der Waals surface area (Å²) in [5.41, 5.74) is 17.6. The van der Waals surface area contributed by atoms with E-state index < -0.39 is 0 Å². The minimum Gasteiger partial charge on any atom is -0.454 e. The maximum Gasteiger partial charge on any atom is 0.159 e. The number of benzene rings is 7. The lowest BCUT2D eigenvalue weighted by molar-refractivity contribution is 0.591. The van der Waals surface area contributed by atoms with Crippen LogP contribution in [0.3, 0.4) is 0 Å². The molecule has 7 aromatic carbocycles. The van der Waals surface area contributed by atoms with Crippen LogP contribution in [-0.4, -0.2) is 17.7 Å². The van der Waals surface area contributed by atoms with Crippen molar-refractivity contribution < 1.29 is 4.42 Å². The molecule has 5 heteroatoms. The van der Waals surface area contributed by atoms with Gasteiger partial charge in [-0.3, -0.25) is 0 Å². The fraction of sp³-hybridized carbons (Fsp3) is 0.111. The molecular formula is C54H40N4O. The maximum absolute atomic E-state index is 7.00. The van der Waals surface area contributed by atoms with Crippen molar-refractivity contribution in [1.82, 2.24) is 5.32 Å². The normalized spacial score (nSPS) is 18.7. The molecule has 4 aliphatic rings. The topological polar surface area (TPSA) is 53.1 Å². The zero-order valence-electron chi connectivity index (χ0n) is 32.9. The molecule has 1 N–H and O–H groups in total. The second-order valence-electron chi connectivity index (χ2n) is 16.5. The van der Waals surface area contributed by atoms with Crippen LogP contribution in [-0.2, 0) is 5.41 Å². The van der Waals surface area contributed by atoms with Crippen molar-refractivity contribution in [1.29, 1.82) is 0 Å². The van der Waals surface area contributed by atoms with E-state index in [0.29, 0.717) is 5.84 Å². The zero-order chi connectivity index (χ0) is 39.2. The lowest BCUT2D eigenvalue weighted by Gasteiger charge is -2.34. The number of nitrogens with zero attached hydrogens (tertiary/aromatic N) is 3. The van der Waals surface area contributed by atoms with Crippen molar-refractivity contribution in [3.63, 3.8) is 0 Å². The van der Waals surface area contributed by atoms with E-state index in [-0.39, 0.29) is 17.6 Å². The predicted octanol–water partition coefficient (Wildman–Crippen LogP) is 12.8. The van der Waals surface area contributed by atoms with Gasteiger partial charge in [-0.05, 0) is 81.3 Å². The Kier molecular flexibility index (Phi) is 7.40. The van der Waals surface area contributed by atoms with Gasteiger partial charge in [-0.15, -0.1) is 0 Å². The van der Waals surface area contributed by atoms with Gasteiger partial charge < -0.3 is 14.6 Å². The van der Waals surface area contributed by atoms with Crippen molar-refractivity contribution in [3.8, 4) is 11.1 Å². The molecule has 12 rings (SSSR count). The van der Waals surface area contributed by atoms with Crippen LogP contribution in [0.2, 0.25) is 0 Å². The lowest BCUT2D eigenvalue weighted by atomic mass is 9.76. The van der Waals surface area contributed by atoms with Gasteiger partial charge in [0.1, 0.15) is 17.6 Å². The first-order chi connectivity index (χ1) is 29.0. The third-order valence-corrected chi connectivity index (χ3v) is 12.9. The van der Waals surface area contributed by atoms with Gasteiger partial charge in [0.25, 0.3) is 0 Å². The van der Waals surface area contributed by atoms with Crippen molar-refractivity contribution >= 4 is 56.1 Å². The molecule has 8 aromatic rings. The van der Waals surface area contributed by atoms with Crippen LogP contribution in [0.25, 0.3) is 44.2 Å². The van der Waals surface area contributed by atoms with Crippen molar-refractivity contribution in [2.75, 3.05) is 4.90 Å². The number of amidine groups is 2. The smallest absolute Gasteiger partial charge is 0.159 e. The van der Waals surface area contributed by atoms with E-state index in [0.717, 1.165) is 62.1 Å². The molecule has 3 heterocycles. The van der Waals surface area contributed by atoms with Crippen LogP contribution in [0, 0.1) is 0 Å². The number of aliphatic imine (C=N–C) groups is 2. The average molecular weight is 761 g/mol. The van der Waals surface area contributed by atoms with Gasteiger partial charge in [0.05, 0.1) is 11.7 Å². The van der Waals surface area contributed by atoms with Gasteiger partial charge in [0.2, 0.25) is 0 Å². The van der Waals surface area contributed by atoms with E-state index in [4.69, 9.17) is 14.4 Å². The van der Waals surface area contributed by atoms with E-state index in [1.807, 2.05) is 18.2 Å². The zero-order valence-corrected chi connectivity index (χ0v) is 32.9. The van der Waals surface area contributed by atoms with Gasteiger partial charge >= 0.3 is 0 Å². The van der Waals surface area contributed by atoms with Gasteiger partial charge in [-0.25, -0.2) is 9.98 Å². The minimum absolute atomic E-state index is 0.0506. The molecule has 2 atom stereocenters. The van der Waals surface area contributed by atoms with Crippen molar-refractivity contribution in [3.05, 3.63) is 215 Å². The molecule has 2 unspecified atom stereocenters. The molecule has 282 valence electrons. The number of para-hydroxylation sites is 2. The molecule has 1 aromatic heterocycles. The first kappa shape index (κ1) is 33.9. The van der Waals surface area contributed by atoms with Crippen molar-refractivity contribution in [2.24, 2.45) is 9.98 Å². The first-order valence-electron chi connectivity index (χ1n) is 20.5. The Hall–Kier alpha value is -7.24. The summed E-state index contributed by atoms with van der Waals surface area (Å²) in [5, 5.41) is 5.86. The molecule has 5 nitrogen and oxygen atoms in total. The summed E-state index contributed by atoms with van der Waals surface area (Å²) in [6, 6.07) is 60.3. The summed E-state index contributed by atoms with van der Waals surface area (Å²) in [5.74, 6) is 1.45. The van der Waals surface area contributed by atoms with E-state index >= 15 is 0 Å². The van der Waals surface area contributed by atoms with Crippen LogP contribution in [0.1, 0.15) is 59.8 Å². The van der Waals surface area contributed by atoms with Gasteiger partial charge in [-0.2, -0.15) is 0 Å². The molecule has 0 fully saturated rings. The molecule has 0 bridgehead atoms. The number of rotatable bonds is 5. The quantitative estimate of drug-likeness (QED) is 0.190. The van der Waals surface area contributed by atoms with Gasteiger partial charge in [-0.1, -0.05) is 159 Å². The summed E-state index contributed by atoms with van der Waals surface area (Å²) in [7, 11) is 0. The van der Waals surface area contributed by atoms with E-state index in [1.165, 1.54) is 44.7 Å². The Balaban J connectivity index is 0.988. The fourth-order valence-electron chi connectivity index (χ4n) is 10.1. The number of allylic oxidation sites excluding steroid dienone is 2. The largest absolute Gasteiger partial charge is 0.454 e. The highest BCUT2D eigenvalue weighted by molar-refractivity contribution is 6.23. The Bertz CT molecular complexity index is 3150. The lowest BCUT2D eigenvalue weighted by Crippen LogP contribution is -2.33. The molecule has 2 aliphatic heterocycles. The van der Waals surface area contributed by atoms with E-state index in [2.05, 4.69) is 182 Å². The summed E-state index contributed by atoms with van der Waals surface area (Å²) in [6.07, 6.45) is 3.07. The third kappa shape index (κ3) is 5.17. The molecule has 0 saturated carbocycles. The van der Waals surface area contributed by atoms with E-state index in [9.17, 15) is 0 Å². The molecule has 0 spiro atoms. The van der Waals surface area contributed by atoms with Crippen LogP contribution >= 0.6 is 0 Å². The standard InChI is InChI=1S/C54H40N4O/c1-54(2)43-26-11-9-22-37(43)41-31-42-38-23-10-12-27-45(38)58(47(42)32-44(41)54)46-28-14-24-39-49-40(25-15-29-48(49)59-50(39)46)53-56-51(34-18-7-4-8-19-34)55-52(57-53)36-21-13-20-35(30-36)33-16-5-3-6-17-33/h3-31,47,52H,32H2,1-2H3,(H,55,56,57). The molecule has 2 aliphatic carbocycles. The number of nitrogens with one attached hydrogen (secondary N) is 1. The molecule has 0 saturated heterocycles. The molecular weight excluding hydrogens is 721 g/mol. The summed E-state index contributed by atoms with van der Waals surface area (Å²) in [6.45, 7) is 4.78. The van der Waals surface area contributed by atoms with Crippen LogP contribution < -0.4 is 10.2 Å². The minimum atomic E-state index is -0.354. The Labute approximate surface area is 343 Å². The number of hydrogen-bond acceptors (Lipinski definition) is 5. The third-order valence-electron chi connectivity index (χ3n) is 12.9. The highest BCUT2D eigenvalue weighted by Gasteiger charge is 2.45. The Morgan fingerprint density at radius 2 is 1.32 bits per heavy atom. The number of fused-ring (bicyclic) bond motifs is 8. The Morgan fingerprint density at radius 1 is 0.644 bits per heavy atom. The summed E-state index contributed by atoms with van der Waals surface area (Å²) >= 11 is 0. The maximum atomic E-state index is 7.00. The monoisotopic (exact) mass is 760 g/mol. The first-order valence-corrected chi connectivity index (χ1v) is 20.5. The molecule has 0 amide bonds. The molecule has 0 radical (unpaired) electrons. The highest BCUT2D eigenvalue weighted by Crippen LogP contribution is 2.58. The highest BCUT2D eigenvalue weighted by atomic mass is 16.3. The number of hydrogen-bond donors (Lipinski definition) is 1.